The van der Waals surface area contributed by atoms with Crippen LogP contribution in [0.1, 0.15) is 31.5 Å². The minimum Gasteiger partial charge on any atom is -0.380 e. The summed E-state index contributed by atoms with van der Waals surface area (Å²) in [7, 11) is 0. The molecule has 1 aliphatic carbocycles. The van der Waals surface area contributed by atoms with Crippen LogP contribution >= 0.6 is 0 Å². The molecule has 1 aliphatic rings. The van der Waals surface area contributed by atoms with Gasteiger partial charge in [0, 0.05) is 6.20 Å². The Bertz CT molecular complexity index is 662. The first-order valence-corrected chi connectivity index (χ1v) is 7.67. The van der Waals surface area contributed by atoms with E-state index in [4.69, 9.17) is 0 Å². The zero-order valence-electron chi connectivity index (χ0n) is 12.6. The van der Waals surface area contributed by atoms with Crippen LogP contribution < -0.4 is 5.32 Å². The predicted octanol–water partition coefficient (Wildman–Crippen LogP) is 2.30. The van der Waals surface area contributed by atoms with Gasteiger partial charge in [-0.05, 0) is 50.3 Å². The largest absolute Gasteiger partial charge is 0.417 e. The lowest BCUT2D eigenvalue weighted by molar-refractivity contribution is -0.271. The van der Waals surface area contributed by atoms with Gasteiger partial charge in [0.05, 0.1) is 6.54 Å². The summed E-state index contributed by atoms with van der Waals surface area (Å²) < 4.78 is 40.1. The Morgan fingerprint density at radius 3 is 2.70 bits per heavy atom. The number of pyridine rings is 1. The van der Waals surface area contributed by atoms with Crippen molar-refractivity contribution < 1.29 is 18.3 Å². The van der Waals surface area contributed by atoms with E-state index in [2.05, 4.69) is 15.5 Å². The van der Waals surface area contributed by atoms with Crippen LogP contribution in [0.2, 0.25) is 0 Å². The highest BCUT2D eigenvalue weighted by atomic mass is 19.4. The van der Waals surface area contributed by atoms with Crippen molar-refractivity contribution in [2.75, 3.05) is 6.54 Å². The Morgan fingerprint density at radius 2 is 2.00 bits per heavy atom. The SMILES string of the molecule is OC1(C(F)(F)F)CCC(CNCc2nnc3ccccn23)CC1. The second-order valence-corrected chi connectivity index (χ2v) is 6.15. The fourth-order valence-corrected chi connectivity index (χ4v) is 3.04. The fraction of sp³-hybridized carbons (Fsp3) is 0.600. The molecular formula is C15H19F3N4O. The topological polar surface area (TPSA) is 62.5 Å². The van der Waals surface area contributed by atoms with Crippen LogP contribution in [0.5, 0.6) is 0 Å². The first kappa shape index (κ1) is 16.2. The molecular weight excluding hydrogens is 309 g/mol. The van der Waals surface area contributed by atoms with Gasteiger partial charge in [0.1, 0.15) is 0 Å². The molecule has 2 aromatic rings. The molecule has 0 saturated heterocycles. The smallest absolute Gasteiger partial charge is 0.380 e. The van der Waals surface area contributed by atoms with Gasteiger partial charge < -0.3 is 10.4 Å². The summed E-state index contributed by atoms with van der Waals surface area (Å²) in [5.74, 6) is 0.903. The molecule has 1 saturated carbocycles. The highest BCUT2D eigenvalue weighted by molar-refractivity contribution is 5.36. The van der Waals surface area contributed by atoms with Crippen LogP contribution in [-0.4, -0.2) is 38.0 Å². The van der Waals surface area contributed by atoms with Crippen molar-refractivity contribution in [2.24, 2.45) is 5.92 Å². The summed E-state index contributed by atoms with van der Waals surface area (Å²) >= 11 is 0. The number of alkyl halides is 3. The van der Waals surface area contributed by atoms with E-state index < -0.39 is 11.8 Å². The fourth-order valence-electron chi connectivity index (χ4n) is 3.04. The first-order valence-electron chi connectivity index (χ1n) is 7.67. The van der Waals surface area contributed by atoms with Crippen molar-refractivity contribution >= 4 is 5.65 Å². The second kappa shape index (κ2) is 6.09. The maximum atomic E-state index is 12.8. The third kappa shape index (κ3) is 3.32. The zero-order chi connectivity index (χ0) is 16.5. The molecule has 3 rings (SSSR count). The summed E-state index contributed by atoms with van der Waals surface area (Å²) in [5.41, 5.74) is -1.75. The number of nitrogens with zero attached hydrogens (tertiary/aromatic N) is 3. The third-order valence-corrected chi connectivity index (χ3v) is 4.56. The molecule has 2 aromatic heterocycles. The normalized spacial score (nSPS) is 25.8. The Hall–Kier alpha value is -1.67. The summed E-state index contributed by atoms with van der Waals surface area (Å²) in [6, 6.07) is 5.62. The monoisotopic (exact) mass is 328 g/mol. The molecule has 1 fully saturated rings. The standard InChI is InChI=1S/C15H19F3N4O/c16-15(17,18)14(23)6-4-11(5-7-14)9-19-10-13-21-20-12-3-1-2-8-22(12)13/h1-3,8,11,19,23H,4-7,9-10H2. The Balaban J connectivity index is 1.49. The van der Waals surface area contributed by atoms with Gasteiger partial charge in [0.25, 0.3) is 0 Å². The maximum absolute atomic E-state index is 12.8. The minimum absolute atomic E-state index is 0.136. The molecule has 0 bridgehead atoms. The number of fused-ring (bicyclic) bond motifs is 1. The molecule has 5 nitrogen and oxygen atoms in total. The molecule has 23 heavy (non-hydrogen) atoms. The van der Waals surface area contributed by atoms with Crippen molar-refractivity contribution in [1.29, 1.82) is 0 Å². The van der Waals surface area contributed by atoms with Crippen LogP contribution in [0, 0.1) is 5.92 Å². The molecule has 2 heterocycles. The van der Waals surface area contributed by atoms with Crippen molar-refractivity contribution in [3.8, 4) is 0 Å². The Morgan fingerprint density at radius 1 is 1.26 bits per heavy atom. The van der Waals surface area contributed by atoms with E-state index in [1.165, 1.54) is 0 Å². The number of halogens is 3. The molecule has 0 atom stereocenters. The van der Waals surface area contributed by atoms with Crippen molar-refractivity contribution in [1.82, 2.24) is 19.9 Å². The van der Waals surface area contributed by atoms with Crippen LogP contribution in [0.25, 0.3) is 5.65 Å². The number of hydrogen-bond acceptors (Lipinski definition) is 4. The lowest BCUT2D eigenvalue weighted by Gasteiger charge is -2.37. The van der Waals surface area contributed by atoms with Crippen molar-refractivity contribution in [3.05, 3.63) is 30.2 Å². The molecule has 126 valence electrons. The number of rotatable bonds is 4. The predicted molar refractivity (Wildman–Crippen MR) is 77.7 cm³/mol. The van der Waals surface area contributed by atoms with E-state index in [0.717, 1.165) is 11.5 Å². The summed E-state index contributed by atoms with van der Waals surface area (Å²) in [5, 5.41) is 21.0. The van der Waals surface area contributed by atoms with Crippen LogP contribution in [0.15, 0.2) is 24.4 Å². The lowest BCUT2D eigenvalue weighted by Crippen LogP contribution is -2.48. The van der Waals surface area contributed by atoms with E-state index in [-0.39, 0.29) is 18.8 Å². The van der Waals surface area contributed by atoms with Crippen LogP contribution in [0.3, 0.4) is 0 Å². The van der Waals surface area contributed by atoms with E-state index in [1.54, 1.807) is 0 Å². The van der Waals surface area contributed by atoms with Crippen molar-refractivity contribution in [3.63, 3.8) is 0 Å². The number of hydrogen-bond donors (Lipinski definition) is 2. The van der Waals surface area contributed by atoms with E-state index >= 15 is 0 Å². The Labute approximate surface area is 131 Å². The minimum atomic E-state index is -4.54. The highest BCUT2D eigenvalue weighted by Crippen LogP contribution is 2.42. The quantitative estimate of drug-likeness (QED) is 0.904. The highest BCUT2D eigenvalue weighted by Gasteiger charge is 2.54. The summed E-state index contributed by atoms with van der Waals surface area (Å²) in [4.78, 5) is 0. The average molecular weight is 328 g/mol. The first-order chi connectivity index (χ1) is 10.9. The van der Waals surface area contributed by atoms with Crippen LogP contribution in [0.4, 0.5) is 13.2 Å². The van der Waals surface area contributed by atoms with Gasteiger partial charge >= 0.3 is 6.18 Å². The van der Waals surface area contributed by atoms with E-state index in [9.17, 15) is 18.3 Å². The molecule has 2 N–H and O–H groups in total. The molecule has 0 radical (unpaired) electrons. The third-order valence-electron chi connectivity index (χ3n) is 4.56. The Kier molecular flexibility index (Phi) is 4.29. The average Bonchev–Trinajstić information content (AvgIpc) is 2.92. The molecule has 0 unspecified atom stereocenters. The van der Waals surface area contributed by atoms with Crippen LogP contribution in [-0.2, 0) is 6.54 Å². The zero-order valence-corrected chi connectivity index (χ0v) is 12.6. The number of aliphatic hydroxyl groups is 1. The van der Waals surface area contributed by atoms with Crippen molar-refractivity contribution in [2.45, 2.75) is 44.0 Å². The van der Waals surface area contributed by atoms with Gasteiger partial charge in [-0.15, -0.1) is 10.2 Å². The molecule has 0 aliphatic heterocycles. The number of aromatic nitrogens is 3. The van der Waals surface area contributed by atoms with Gasteiger partial charge in [-0.1, -0.05) is 6.07 Å². The molecule has 0 spiro atoms. The van der Waals surface area contributed by atoms with Gasteiger partial charge in [0.15, 0.2) is 17.1 Å². The van der Waals surface area contributed by atoms with E-state index in [0.29, 0.717) is 25.9 Å². The summed E-state index contributed by atoms with van der Waals surface area (Å²) in [6.45, 7) is 1.11. The second-order valence-electron chi connectivity index (χ2n) is 6.15. The molecule has 0 amide bonds. The molecule has 0 aromatic carbocycles. The van der Waals surface area contributed by atoms with Gasteiger partial charge in [-0.2, -0.15) is 13.2 Å². The van der Waals surface area contributed by atoms with E-state index in [1.807, 2.05) is 28.8 Å². The molecule has 8 heteroatoms. The lowest BCUT2D eigenvalue weighted by atomic mass is 9.78. The maximum Gasteiger partial charge on any atom is 0.417 e. The van der Waals surface area contributed by atoms with Gasteiger partial charge in [0.2, 0.25) is 0 Å². The summed E-state index contributed by atoms with van der Waals surface area (Å²) in [6.07, 6.45) is -2.39. The van der Waals surface area contributed by atoms with Gasteiger partial charge in [-0.25, -0.2) is 0 Å². The van der Waals surface area contributed by atoms with Gasteiger partial charge in [-0.3, -0.25) is 4.40 Å². The number of nitrogens with one attached hydrogen (secondary N) is 1.